The molecule has 9 nitrogen and oxygen atoms in total. The molecule has 0 saturated carbocycles. The van der Waals surface area contributed by atoms with Gasteiger partial charge in [-0.25, -0.2) is 0 Å². The number of fused-ring (bicyclic) bond motifs is 1. The highest BCUT2D eigenvalue weighted by Gasteiger charge is 2.32. The van der Waals surface area contributed by atoms with Crippen LogP contribution < -0.4 is 24.7 Å². The van der Waals surface area contributed by atoms with Crippen molar-refractivity contribution in [2.24, 2.45) is 12.1 Å². The number of thiazole rings is 1. The summed E-state index contributed by atoms with van der Waals surface area (Å²) < 4.78 is 34.8. The predicted molar refractivity (Wildman–Crippen MR) is 133 cm³/mol. The molecule has 12 heteroatoms. The highest BCUT2D eigenvalue weighted by Crippen LogP contribution is 2.44. The second-order valence-electron chi connectivity index (χ2n) is 7.68. The highest BCUT2D eigenvalue weighted by molar-refractivity contribution is 8.08. The third-order valence-electron chi connectivity index (χ3n) is 5.53. The molecule has 3 heterocycles. The number of para-hydroxylation sites is 1. The van der Waals surface area contributed by atoms with E-state index in [1.54, 1.807) is 14.0 Å². The first-order chi connectivity index (χ1) is 16.1. The number of carbonyl (C=O) groups is 1. The number of hydrogen-bond donors (Lipinski definition) is 1. The van der Waals surface area contributed by atoms with Crippen LogP contribution in [-0.2, 0) is 22.0 Å². The van der Waals surface area contributed by atoms with E-state index in [2.05, 4.69) is 5.10 Å². The van der Waals surface area contributed by atoms with Crippen LogP contribution in [-0.4, -0.2) is 36.2 Å². The third kappa shape index (κ3) is 3.50. The molecular formula is C22H18N4O5S3. The van der Waals surface area contributed by atoms with E-state index in [9.17, 15) is 22.6 Å². The third-order valence-corrected chi connectivity index (χ3v) is 8.99. The van der Waals surface area contributed by atoms with Crippen molar-refractivity contribution in [3.63, 3.8) is 0 Å². The van der Waals surface area contributed by atoms with Crippen LogP contribution in [0.3, 0.4) is 0 Å². The van der Waals surface area contributed by atoms with Gasteiger partial charge in [0.05, 0.1) is 27.6 Å². The normalized spacial score (nSPS) is 19.1. The van der Waals surface area contributed by atoms with Gasteiger partial charge in [0.2, 0.25) is 0 Å². The van der Waals surface area contributed by atoms with E-state index in [4.69, 9.17) is 0 Å². The minimum absolute atomic E-state index is 0.187. The molecule has 34 heavy (non-hydrogen) atoms. The van der Waals surface area contributed by atoms with Gasteiger partial charge >= 0.3 is 0 Å². The Morgan fingerprint density at radius 1 is 1.03 bits per heavy atom. The first-order valence-electron chi connectivity index (χ1n) is 10.0. The lowest BCUT2D eigenvalue weighted by molar-refractivity contribution is -0.112. The van der Waals surface area contributed by atoms with Gasteiger partial charge in [-0.2, -0.15) is 18.5 Å². The number of thioether (sulfide) groups is 1. The van der Waals surface area contributed by atoms with Crippen LogP contribution in [0.2, 0.25) is 0 Å². The lowest BCUT2D eigenvalue weighted by Gasteiger charge is -2.12. The Morgan fingerprint density at radius 2 is 1.76 bits per heavy atom. The molecule has 2 aliphatic rings. The summed E-state index contributed by atoms with van der Waals surface area (Å²) in [5.74, 6) is -0.492. The van der Waals surface area contributed by atoms with Crippen LogP contribution in [0.5, 0.6) is 0 Å². The molecule has 0 spiro atoms. The lowest BCUT2D eigenvalue weighted by atomic mass is 10.2. The smallest absolute Gasteiger partial charge is 0.294 e. The summed E-state index contributed by atoms with van der Waals surface area (Å²) >= 11 is 2.72. The highest BCUT2D eigenvalue weighted by atomic mass is 32.2. The van der Waals surface area contributed by atoms with Crippen molar-refractivity contribution < 1.29 is 17.8 Å². The van der Waals surface area contributed by atoms with Gasteiger partial charge in [-0.15, -0.1) is 11.3 Å². The Hall–Kier alpha value is -3.19. The molecule has 174 valence electrons. The average molecular weight is 515 g/mol. The molecule has 1 N–H and O–H groups in total. The zero-order valence-corrected chi connectivity index (χ0v) is 20.7. The Morgan fingerprint density at radius 3 is 2.47 bits per heavy atom. The molecule has 1 aromatic heterocycles. The van der Waals surface area contributed by atoms with Crippen molar-refractivity contribution in [2.45, 2.75) is 16.7 Å². The fraction of sp³-hybridized carbons (Fsp3) is 0.136. The van der Waals surface area contributed by atoms with Gasteiger partial charge < -0.3 is 9.47 Å². The summed E-state index contributed by atoms with van der Waals surface area (Å²) in [5, 5.41) is 6.16. The number of carbonyl (C=O) groups excluding carboxylic acids is 1. The van der Waals surface area contributed by atoms with Crippen LogP contribution in [0, 0.1) is 0 Å². The summed E-state index contributed by atoms with van der Waals surface area (Å²) in [4.78, 5) is 29.2. The minimum atomic E-state index is -4.44. The van der Waals surface area contributed by atoms with Crippen molar-refractivity contribution in [3.8, 4) is 0 Å². The molecule has 0 bridgehead atoms. The number of benzene rings is 2. The molecule has 0 radical (unpaired) electrons. The zero-order valence-electron chi connectivity index (χ0n) is 18.2. The monoisotopic (exact) mass is 514 g/mol. The number of amides is 1. The maximum Gasteiger partial charge on any atom is 0.294 e. The molecular weight excluding hydrogens is 496 g/mol. The predicted octanol–water partition coefficient (Wildman–Crippen LogP) is 1.57. The molecule has 2 aliphatic heterocycles. The Bertz CT molecular complexity index is 1700. The number of hydrogen-bond acceptors (Lipinski definition) is 8. The van der Waals surface area contributed by atoms with Gasteiger partial charge in [-0.1, -0.05) is 30.0 Å². The molecule has 1 amide bonds. The summed E-state index contributed by atoms with van der Waals surface area (Å²) in [6, 6.07) is 13.2. The van der Waals surface area contributed by atoms with Gasteiger partial charge in [-0.3, -0.25) is 14.1 Å². The average Bonchev–Trinajstić information content (AvgIpc) is 3.39. The maximum absolute atomic E-state index is 13.3. The number of hydrazone groups is 1. The summed E-state index contributed by atoms with van der Waals surface area (Å²) in [6.45, 7) is 1.66. The fourth-order valence-corrected chi connectivity index (χ4v) is 6.86. The molecule has 0 saturated heterocycles. The molecule has 0 atom stereocenters. The first-order valence-corrected chi connectivity index (χ1v) is 13.1. The van der Waals surface area contributed by atoms with Crippen LogP contribution in [0.15, 0.2) is 68.2 Å². The summed E-state index contributed by atoms with van der Waals surface area (Å²) in [7, 11) is -0.933. The van der Waals surface area contributed by atoms with Crippen molar-refractivity contribution in [1.29, 1.82) is 0 Å². The van der Waals surface area contributed by atoms with E-state index in [-0.39, 0.29) is 21.7 Å². The fourth-order valence-electron chi connectivity index (χ4n) is 3.81. The molecule has 0 unspecified atom stereocenters. The van der Waals surface area contributed by atoms with Gasteiger partial charge in [0.1, 0.15) is 14.2 Å². The van der Waals surface area contributed by atoms with Crippen molar-refractivity contribution in [1.82, 2.24) is 4.57 Å². The largest absolute Gasteiger partial charge is 0.337 e. The number of nitrogens with zero attached hydrogens (tertiary/aromatic N) is 4. The summed E-state index contributed by atoms with van der Waals surface area (Å²) in [6.07, 6.45) is 0. The van der Waals surface area contributed by atoms with E-state index in [0.717, 1.165) is 20.6 Å². The molecule has 3 aromatic rings. The Kier molecular flexibility index (Phi) is 5.28. The van der Waals surface area contributed by atoms with E-state index in [1.807, 2.05) is 36.2 Å². The first kappa shape index (κ1) is 22.6. The van der Waals surface area contributed by atoms with E-state index in [1.165, 1.54) is 51.9 Å². The Labute approximate surface area is 202 Å². The van der Waals surface area contributed by atoms with Crippen LogP contribution in [0.4, 0.5) is 11.4 Å². The maximum atomic E-state index is 13.3. The van der Waals surface area contributed by atoms with E-state index >= 15 is 0 Å². The Balaban J connectivity index is 1.66. The van der Waals surface area contributed by atoms with Gasteiger partial charge in [0, 0.05) is 19.0 Å². The topological polar surface area (TPSA) is 112 Å². The minimum Gasteiger partial charge on any atom is -0.337 e. The quantitative estimate of drug-likeness (QED) is 0.517. The van der Waals surface area contributed by atoms with Crippen molar-refractivity contribution in [2.75, 3.05) is 17.0 Å². The van der Waals surface area contributed by atoms with Crippen molar-refractivity contribution in [3.05, 3.63) is 68.1 Å². The second-order valence-corrected chi connectivity index (χ2v) is 11.1. The SMILES string of the molecule is CC1=NN(c2cccc(S(=O)(=O)O)c2)C(=O)C1=c1sc(=C2Sc3ccccc3N2C)c(=O)n1C. The van der Waals surface area contributed by atoms with Crippen LogP contribution >= 0.6 is 23.1 Å². The van der Waals surface area contributed by atoms with Gasteiger partial charge in [0.15, 0.2) is 0 Å². The number of rotatable bonds is 2. The molecule has 0 fully saturated rings. The van der Waals surface area contributed by atoms with Crippen molar-refractivity contribution >= 4 is 66.8 Å². The zero-order chi connectivity index (χ0) is 24.4. The number of anilines is 2. The number of aromatic nitrogens is 1. The van der Waals surface area contributed by atoms with E-state index < -0.39 is 16.0 Å². The van der Waals surface area contributed by atoms with Gasteiger partial charge in [0.25, 0.3) is 21.6 Å². The van der Waals surface area contributed by atoms with Crippen LogP contribution in [0.25, 0.3) is 10.6 Å². The molecule has 0 aliphatic carbocycles. The second kappa shape index (κ2) is 7.94. The molecule has 2 aromatic carbocycles. The standard InChI is InChI=1S/C22H18N4O5S3/c1-12-17(19(27)26(23-12)13-7-6-8-14(11-13)34(29,30)31)21-25(3)20(28)18(33-21)22-24(2)15-9-4-5-10-16(15)32-22/h4-11H,1-3H3,(H,29,30,31). The lowest BCUT2D eigenvalue weighted by Crippen LogP contribution is -2.33. The van der Waals surface area contributed by atoms with Crippen LogP contribution in [0.1, 0.15) is 6.92 Å². The summed E-state index contributed by atoms with van der Waals surface area (Å²) in [5.41, 5.74) is 1.63. The van der Waals surface area contributed by atoms with Gasteiger partial charge in [-0.05, 0) is 37.3 Å². The molecule has 5 rings (SSSR count). The van der Waals surface area contributed by atoms with E-state index in [0.29, 0.717) is 14.9 Å².